The fraction of sp³-hybridized carbons (Fsp3) is 0.333. The largest absolute Gasteiger partial charge is 0.449 e. The third kappa shape index (κ3) is 5.77. The standard InChI is InChI=1S/C21H22Cl2N2O5S/c1-14(20(26)24-16-7-5-6-15(22)12-16)30-21(27)18-13-17(8-9-19(18)23)31(28,29)25-10-3-2-4-11-25/h5-9,12-14H,2-4,10-11H2,1H3,(H,24,26)/t14-/m1/s1. The average molecular weight is 485 g/mol. The molecule has 1 atom stereocenters. The molecule has 0 aliphatic carbocycles. The number of hydrogen-bond donors (Lipinski definition) is 1. The van der Waals surface area contributed by atoms with Crippen molar-refractivity contribution in [1.82, 2.24) is 4.31 Å². The molecule has 1 amide bonds. The molecule has 1 fully saturated rings. The van der Waals surface area contributed by atoms with Gasteiger partial charge in [0.1, 0.15) is 0 Å². The predicted octanol–water partition coefficient (Wildman–Crippen LogP) is 4.35. The highest BCUT2D eigenvalue weighted by molar-refractivity contribution is 7.89. The van der Waals surface area contributed by atoms with Crippen LogP contribution in [0.25, 0.3) is 0 Å². The van der Waals surface area contributed by atoms with Crippen LogP contribution in [0.1, 0.15) is 36.5 Å². The molecule has 0 unspecified atom stereocenters. The number of piperidine rings is 1. The van der Waals surface area contributed by atoms with E-state index in [4.69, 9.17) is 27.9 Å². The van der Waals surface area contributed by atoms with Crippen molar-refractivity contribution < 1.29 is 22.7 Å². The van der Waals surface area contributed by atoms with E-state index in [2.05, 4.69) is 5.32 Å². The molecule has 2 aromatic carbocycles. The lowest BCUT2D eigenvalue weighted by Crippen LogP contribution is -2.35. The first-order valence-corrected chi connectivity index (χ1v) is 11.9. The van der Waals surface area contributed by atoms with E-state index in [0.717, 1.165) is 19.3 Å². The Labute approximate surface area is 191 Å². The van der Waals surface area contributed by atoms with Crippen LogP contribution < -0.4 is 5.32 Å². The summed E-state index contributed by atoms with van der Waals surface area (Å²) in [5, 5.41) is 3.07. The first-order valence-electron chi connectivity index (χ1n) is 9.75. The zero-order chi connectivity index (χ0) is 22.6. The number of nitrogens with one attached hydrogen (secondary N) is 1. The highest BCUT2D eigenvalue weighted by Gasteiger charge is 2.28. The summed E-state index contributed by atoms with van der Waals surface area (Å²) in [5.41, 5.74) is 0.329. The molecule has 7 nitrogen and oxygen atoms in total. The minimum absolute atomic E-state index is 0.0324. The summed E-state index contributed by atoms with van der Waals surface area (Å²) in [4.78, 5) is 24.9. The van der Waals surface area contributed by atoms with Crippen molar-refractivity contribution in [3.8, 4) is 0 Å². The van der Waals surface area contributed by atoms with Gasteiger partial charge in [-0.3, -0.25) is 4.79 Å². The number of nitrogens with zero attached hydrogens (tertiary/aromatic N) is 1. The summed E-state index contributed by atoms with van der Waals surface area (Å²) in [6.07, 6.45) is 1.42. The van der Waals surface area contributed by atoms with Crippen LogP contribution in [0.15, 0.2) is 47.4 Å². The molecule has 1 N–H and O–H groups in total. The second kappa shape index (κ2) is 9.99. The Morgan fingerprint density at radius 1 is 1.06 bits per heavy atom. The highest BCUT2D eigenvalue weighted by Crippen LogP contribution is 2.26. The molecule has 1 saturated heterocycles. The van der Waals surface area contributed by atoms with E-state index in [1.54, 1.807) is 24.3 Å². The number of hydrogen-bond acceptors (Lipinski definition) is 5. The van der Waals surface area contributed by atoms with Gasteiger partial charge in [0.2, 0.25) is 10.0 Å². The number of sulfonamides is 1. The number of anilines is 1. The van der Waals surface area contributed by atoms with Gasteiger partial charge in [-0.25, -0.2) is 13.2 Å². The van der Waals surface area contributed by atoms with Crippen molar-refractivity contribution in [3.63, 3.8) is 0 Å². The van der Waals surface area contributed by atoms with E-state index in [1.165, 1.54) is 29.4 Å². The molecule has 0 bridgehead atoms. The van der Waals surface area contributed by atoms with Gasteiger partial charge in [0.15, 0.2) is 6.10 Å². The quantitative estimate of drug-likeness (QED) is 0.615. The summed E-state index contributed by atoms with van der Waals surface area (Å²) in [6.45, 7) is 2.27. The fourth-order valence-electron chi connectivity index (χ4n) is 3.16. The van der Waals surface area contributed by atoms with Crippen LogP contribution in [0.4, 0.5) is 5.69 Å². The molecule has 2 aromatic rings. The number of benzene rings is 2. The zero-order valence-electron chi connectivity index (χ0n) is 16.8. The van der Waals surface area contributed by atoms with Gasteiger partial charge in [-0.2, -0.15) is 4.31 Å². The van der Waals surface area contributed by atoms with Crippen LogP contribution >= 0.6 is 23.2 Å². The van der Waals surface area contributed by atoms with Crippen LogP contribution in [-0.2, 0) is 19.6 Å². The first-order chi connectivity index (χ1) is 14.7. The second-order valence-corrected chi connectivity index (χ2v) is 9.94. The van der Waals surface area contributed by atoms with Gasteiger partial charge in [-0.15, -0.1) is 0 Å². The molecular formula is C21H22Cl2N2O5S. The Balaban J connectivity index is 1.73. The van der Waals surface area contributed by atoms with Crippen molar-refractivity contribution in [3.05, 3.63) is 58.1 Å². The van der Waals surface area contributed by atoms with E-state index >= 15 is 0 Å². The molecule has 3 rings (SSSR count). The molecule has 0 aromatic heterocycles. The van der Waals surface area contributed by atoms with Crippen LogP contribution in [0.2, 0.25) is 10.0 Å². The van der Waals surface area contributed by atoms with Gasteiger partial charge in [0.25, 0.3) is 5.91 Å². The summed E-state index contributed by atoms with van der Waals surface area (Å²) >= 11 is 12.0. The normalized spacial score (nSPS) is 15.8. The Kier molecular flexibility index (Phi) is 7.59. The number of amides is 1. The molecule has 31 heavy (non-hydrogen) atoms. The lowest BCUT2D eigenvalue weighted by molar-refractivity contribution is -0.123. The molecule has 166 valence electrons. The van der Waals surface area contributed by atoms with Crippen molar-refractivity contribution in [2.24, 2.45) is 0 Å². The first kappa shape index (κ1) is 23.5. The highest BCUT2D eigenvalue weighted by atomic mass is 35.5. The SMILES string of the molecule is C[C@@H](OC(=O)c1cc(S(=O)(=O)N2CCCCC2)ccc1Cl)C(=O)Nc1cccc(Cl)c1. The number of ether oxygens (including phenoxy) is 1. The van der Waals surface area contributed by atoms with Crippen molar-refractivity contribution in [2.75, 3.05) is 18.4 Å². The molecule has 10 heteroatoms. The number of carbonyl (C=O) groups excluding carboxylic acids is 2. The average Bonchev–Trinajstić information content (AvgIpc) is 2.74. The number of carbonyl (C=O) groups is 2. The van der Waals surface area contributed by atoms with Crippen LogP contribution in [-0.4, -0.2) is 43.8 Å². The van der Waals surface area contributed by atoms with Crippen molar-refractivity contribution in [2.45, 2.75) is 37.2 Å². The topological polar surface area (TPSA) is 92.8 Å². The van der Waals surface area contributed by atoms with E-state index in [1.807, 2.05) is 0 Å². The molecule has 1 aliphatic rings. The van der Waals surface area contributed by atoms with Crippen molar-refractivity contribution >= 4 is 50.8 Å². The number of halogens is 2. The predicted molar refractivity (Wildman–Crippen MR) is 119 cm³/mol. The van der Waals surface area contributed by atoms with Gasteiger partial charge < -0.3 is 10.1 Å². The maximum absolute atomic E-state index is 12.9. The summed E-state index contributed by atoms with van der Waals surface area (Å²) in [7, 11) is -3.75. The van der Waals surface area contributed by atoms with Gasteiger partial charge in [-0.05, 0) is 56.2 Å². The van der Waals surface area contributed by atoms with E-state index in [0.29, 0.717) is 23.8 Å². The van der Waals surface area contributed by atoms with Gasteiger partial charge in [-0.1, -0.05) is 35.7 Å². The maximum Gasteiger partial charge on any atom is 0.340 e. The minimum Gasteiger partial charge on any atom is -0.449 e. The Hall–Kier alpha value is -2.13. The molecule has 0 saturated carbocycles. The molecular weight excluding hydrogens is 463 g/mol. The third-order valence-electron chi connectivity index (χ3n) is 4.86. The second-order valence-electron chi connectivity index (χ2n) is 7.15. The van der Waals surface area contributed by atoms with Gasteiger partial charge in [0, 0.05) is 23.8 Å². The number of rotatable bonds is 6. The Bertz CT molecular complexity index is 1080. The summed E-state index contributed by atoms with van der Waals surface area (Å²) < 4.78 is 32.4. The molecule has 1 heterocycles. The Morgan fingerprint density at radius 3 is 2.45 bits per heavy atom. The molecule has 0 spiro atoms. The van der Waals surface area contributed by atoms with Crippen LogP contribution in [0.5, 0.6) is 0 Å². The van der Waals surface area contributed by atoms with Crippen molar-refractivity contribution in [1.29, 1.82) is 0 Å². The number of esters is 1. The maximum atomic E-state index is 12.9. The fourth-order valence-corrected chi connectivity index (χ4v) is 5.09. The van der Waals surface area contributed by atoms with E-state index in [9.17, 15) is 18.0 Å². The van der Waals surface area contributed by atoms with E-state index in [-0.39, 0.29) is 15.5 Å². The summed E-state index contributed by atoms with van der Waals surface area (Å²) in [6, 6.07) is 10.4. The molecule has 1 aliphatic heterocycles. The van der Waals surface area contributed by atoms with Crippen LogP contribution in [0.3, 0.4) is 0 Å². The Morgan fingerprint density at radius 2 is 1.77 bits per heavy atom. The smallest absolute Gasteiger partial charge is 0.340 e. The van der Waals surface area contributed by atoms with Gasteiger partial charge >= 0.3 is 5.97 Å². The minimum atomic E-state index is -3.75. The lowest BCUT2D eigenvalue weighted by Gasteiger charge is -2.26. The van der Waals surface area contributed by atoms with E-state index < -0.39 is 28.0 Å². The zero-order valence-corrected chi connectivity index (χ0v) is 19.1. The third-order valence-corrected chi connectivity index (χ3v) is 7.32. The van der Waals surface area contributed by atoms with Crippen LogP contribution in [0, 0.1) is 0 Å². The molecule has 0 radical (unpaired) electrons. The summed E-state index contributed by atoms with van der Waals surface area (Å²) in [5.74, 6) is -1.46. The lowest BCUT2D eigenvalue weighted by atomic mass is 10.2. The van der Waals surface area contributed by atoms with Gasteiger partial charge in [0.05, 0.1) is 15.5 Å². The monoisotopic (exact) mass is 484 g/mol.